The minimum absolute atomic E-state index is 0.0153. The Kier molecular flexibility index (Phi) is 4.09. The zero-order valence-corrected chi connectivity index (χ0v) is 10.9. The van der Waals surface area contributed by atoms with Crippen LogP contribution in [0, 0.1) is 18.6 Å². The fourth-order valence-electron chi connectivity index (χ4n) is 1.94. The van der Waals surface area contributed by atoms with E-state index in [1.165, 1.54) is 6.07 Å². The minimum Gasteiger partial charge on any atom is -0.271 e. The third-order valence-corrected chi connectivity index (χ3v) is 3.24. The molecule has 0 saturated carbocycles. The smallest absolute Gasteiger partial charge is 0.165 e. The van der Waals surface area contributed by atoms with Crippen LogP contribution in [0.15, 0.2) is 30.6 Å². The van der Waals surface area contributed by atoms with E-state index in [0.29, 0.717) is 5.56 Å². The number of hydrazine groups is 1. The third-order valence-electron chi connectivity index (χ3n) is 2.91. The van der Waals surface area contributed by atoms with Gasteiger partial charge in [0.25, 0.3) is 0 Å². The van der Waals surface area contributed by atoms with Gasteiger partial charge in [0, 0.05) is 23.0 Å². The number of hydrogen-bond donors (Lipinski definition) is 2. The van der Waals surface area contributed by atoms with Crippen LogP contribution in [0.4, 0.5) is 8.78 Å². The molecule has 1 unspecified atom stereocenters. The lowest BCUT2D eigenvalue weighted by molar-refractivity contribution is 0.483. The number of nitrogens with two attached hydrogens (primary N) is 1. The Bertz CT molecular complexity index is 604. The van der Waals surface area contributed by atoms with Gasteiger partial charge >= 0.3 is 0 Å². The Labute approximate surface area is 114 Å². The van der Waals surface area contributed by atoms with Gasteiger partial charge in [-0.05, 0) is 36.2 Å². The zero-order valence-electron chi connectivity index (χ0n) is 10.1. The molecule has 3 nitrogen and oxygen atoms in total. The molecule has 1 heterocycles. The quantitative estimate of drug-likeness (QED) is 0.517. The standard InChI is InChI=1S/C13H12ClF2N3/c1-7-6-18-5-4-8(7)13(19-17)11-9(14)2-3-10(15)12(11)16/h2-6,13,19H,17H2,1H3. The van der Waals surface area contributed by atoms with Crippen LogP contribution in [0.1, 0.15) is 22.7 Å². The Morgan fingerprint density at radius 1 is 1.32 bits per heavy atom. The molecule has 2 aromatic rings. The second kappa shape index (κ2) is 5.61. The molecule has 6 heteroatoms. The van der Waals surface area contributed by atoms with Gasteiger partial charge in [-0.2, -0.15) is 0 Å². The summed E-state index contributed by atoms with van der Waals surface area (Å²) in [7, 11) is 0. The topological polar surface area (TPSA) is 50.9 Å². The zero-order chi connectivity index (χ0) is 14.0. The van der Waals surface area contributed by atoms with Crippen molar-refractivity contribution in [1.82, 2.24) is 10.4 Å². The van der Waals surface area contributed by atoms with Gasteiger partial charge in [-0.15, -0.1) is 0 Å². The number of benzene rings is 1. The predicted octanol–water partition coefficient (Wildman–Crippen LogP) is 2.87. The van der Waals surface area contributed by atoms with Crippen molar-refractivity contribution >= 4 is 11.6 Å². The van der Waals surface area contributed by atoms with Crippen molar-refractivity contribution in [3.63, 3.8) is 0 Å². The number of halogens is 3. The lowest BCUT2D eigenvalue weighted by Gasteiger charge is -2.20. The second-order valence-corrected chi connectivity index (χ2v) is 4.50. The monoisotopic (exact) mass is 283 g/mol. The van der Waals surface area contributed by atoms with Crippen molar-refractivity contribution < 1.29 is 8.78 Å². The molecule has 0 aliphatic rings. The maximum absolute atomic E-state index is 13.9. The number of hydrogen-bond acceptors (Lipinski definition) is 3. The summed E-state index contributed by atoms with van der Waals surface area (Å²) in [6.07, 6.45) is 3.17. The summed E-state index contributed by atoms with van der Waals surface area (Å²) in [4.78, 5) is 3.95. The average molecular weight is 284 g/mol. The van der Waals surface area contributed by atoms with E-state index in [-0.39, 0.29) is 10.6 Å². The Hall–Kier alpha value is -1.56. The van der Waals surface area contributed by atoms with Crippen molar-refractivity contribution in [2.75, 3.05) is 0 Å². The van der Waals surface area contributed by atoms with E-state index in [1.54, 1.807) is 25.4 Å². The molecular weight excluding hydrogens is 272 g/mol. The van der Waals surface area contributed by atoms with Crippen LogP contribution in [0.5, 0.6) is 0 Å². The van der Waals surface area contributed by atoms with Crippen LogP contribution in [0.3, 0.4) is 0 Å². The Morgan fingerprint density at radius 2 is 2.05 bits per heavy atom. The van der Waals surface area contributed by atoms with E-state index in [9.17, 15) is 8.78 Å². The molecule has 0 spiro atoms. The fraction of sp³-hybridized carbons (Fsp3) is 0.154. The maximum Gasteiger partial charge on any atom is 0.165 e. The number of aryl methyl sites for hydroxylation is 1. The molecule has 0 saturated heterocycles. The molecular formula is C13H12ClF2N3. The third kappa shape index (κ3) is 2.58. The molecule has 1 aromatic carbocycles. The SMILES string of the molecule is Cc1cnccc1C(NN)c1c(Cl)ccc(F)c1F. The molecule has 19 heavy (non-hydrogen) atoms. The summed E-state index contributed by atoms with van der Waals surface area (Å²) in [5.74, 6) is 3.50. The van der Waals surface area contributed by atoms with Gasteiger partial charge in [0.2, 0.25) is 0 Å². The molecule has 3 N–H and O–H groups in total. The molecule has 0 fully saturated rings. The number of nitrogens with zero attached hydrogens (tertiary/aromatic N) is 1. The second-order valence-electron chi connectivity index (χ2n) is 4.09. The van der Waals surface area contributed by atoms with Crippen molar-refractivity contribution in [3.05, 3.63) is 63.9 Å². The highest BCUT2D eigenvalue weighted by molar-refractivity contribution is 6.31. The van der Waals surface area contributed by atoms with Gasteiger partial charge in [-0.1, -0.05) is 11.6 Å². The molecule has 0 bridgehead atoms. The highest BCUT2D eigenvalue weighted by atomic mass is 35.5. The lowest BCUT2D eigenvalue weighted by Crippen LogP contribution is -2.30. The summed E-state index contributed by atoms with van der Waals surface area (Å²) < 4.78 is 27.3. The van der Waals surface area contributed by atoms with Gasteiger partial charge < -0.3 is 0 Å². The molecule has 0 aliphatic heterocycles. The van der Waals surface area contributed by atoms with E-state index in [1.807, 2.05) is 0 Å². The van der Waals surface area contributed by atoms with Gasteiger partial charge in [0.15, 0.2) is 11.6 Å². The first-order valence-electron chi connectivity index (χ1n) is 5.56. The van der Waals surface area contributed by atoms with Crippen LogP contribution in [-0.4, -0.2) is 4.98 Å². The van der Waals surface area contributed by atoms with Crippen molar-refractivity contribution in [1.29, 1.82) is 0 Å². The highest BCUT2D eigenvalue weighted by Crippen LogP contribution is 2.32. The van der Waals surface area contributed by atoms with E-state index in [4.69, 9.17) is 17.4 Å². The Morgan fingerprint density at radius 3 is 2.68 bits per heavy atom. The van der Waals surface area contributed by atoms with Gasteiger partial charge in [-0.25, -0.2) is 14.2 Å². The molecule has 2 rings (SSSR count). The number of pyridine rings is 1. The maximum atomic E-state index is 13.9. The van der Waals surface area contributed by atoms with E-state index in [0.717, 1.165) is 11.6 Å². The summed E-state index contributed by atoms with van der Waals surface area (Å²) >= 11 is 5.96. The number of rotatable bonds is 3. The van der Waals surface area contributed by atoms with Crippen LogP contribution < -0.4 is 11.3 Å². The summed E-state index contributed by atoms with van der Waals surface area (Å²) in [6.45, 7) is 1.80. The highest BCUT2D eigenvalue weighted by Gasteiger charge is 2.23. The first kappa shape index (κ1) is 13.9. The fourth-order valence-corrected chi connectivity index (χ4v) is 2.20. The van der Waals surface area contributed by atoms with E-state index in [2.05, 4.69) is 10.4 Å². The largest absolute Gasteiger partial charge is 0.271 e. The van der Waals surface area contributed by atoms with E-state index >= 15 is 0 Å². The van der Waals surface area contributed by atoms with Crippen molar-refractivity contribution in [2.45, 2.75) is 13.0 Å². The van der Waals surface area contributed by atoms with Crippen molar-refractivity contribution in [2.24, 2.45) is 5.84 Å². The first-order valence-corrected chi connectivity index (χ1v) is 5.94. The molecule has 1 aromatic heterocycles. The minimum atomic E-state index is -1.01. The number of aromatic nitrogens is 1. The summed E-state index contributed by atoms with van der Waals surface area (Å²) in [5.41, 5.74) is 3.93. The summed E-state index contributed by atoms with van der Waals surface area (Å²) in [6, 6.07) is 3.22. The summed E-state index contributed by atoms with van der Waals surface area (Å²) in [5, 5.41) is 0.109. The number of nitrogens with one attached hydrogen (secondary N) is 1. The van der Waals surface area contributed by atoms with Crippen molar-refractivity contribution in [3.8, 4) is 0 Å². The molecule has 0 amide bonds. The molecule has 1 atom stereocenters. The lowest BCUT2D eigenvalue weighted by atomic mass is 9.96. The van der Waals surface area contributed by atoms with Crippen LogP contribution in [-0.2, 0) is 0 Å². The molecule has 0 radical (unpaired) electrons. The van der Waals surface area contributed by atoms with Gasteiger partial charge in [-0.3, -0.25) is 10.8 Å². The first-order chi connectivity index (χ1) is 9.06. The van der Waals surface area contributed by atoms with Crippen LogP contribution >= 0.6 is 11.6 Å². The Balaban J connectivity index is 2.61. The van der Waals surface area contributed by atoms with E-state index < -0.39 is 17.7 Å². The predicted molar refractivity (Wildman–Crippen MR) is 69.5 cm³/mol. The normalized spacial score (nSPS) is 12.5. The van der Waals surface area contributed by atoms with Crippen LogP contribution in [0.25, 0.3) is 0 Å². The molecule has 100 valence electrons. The molecule has 0 aliphatic carbocycles. The van der Waals surface area contributed by atoms with Gasteiger partial charge in [0.1, 0.15) is 0 Å². The van der Waals surface area contributed by atoms with Crippen LogP contribution in [0.2, 0.25) is 5.02 Å². The average Bonchev–Trinajstić information content (AvgIpc) is 2.40. The van der Waals surface area contributed by atoms with Gasteiger partial charge in [0.05, 0.1) is 6.04 Å².